The molecule has 0 aliphatic heterocycles. The van der Waals surface area contributed by atoms with Crippen molar-refractivity contribution in [3.05, 3.63) is 36.7 Å². The summed E-state index contributed by atoms with van der Waals surface area (Å²) in [5.74, 6) is 0. The Morgan fingerprint density at radius 2 is 2.11 bits per heavy atom. The van der Waals surface area contributed by atoms with Gasteiger partial charge in [0.2, 0.25) is 0 Å². The van der Waals surface area contributed by atoms with Gasteiger partial charge in [-0.2, -0.15) is 0 Å². The number of anilines is 1. The summed E-state index contributed by atoms with van der Waals surface area (Å²) in [5.41, 5.74) is 1.55. The minimum absolute atomic E-state index is 0.0624. The van der Waals surface area contributed by atoms with Gasteiger partial charge in [0, 0.05) is 18.8 Å². The molecule has 7 heteroatoms. The molecular weight excluding hydrogens is 246 g/mol. The van der Waals surface area contributed by atoms with E-state index >= 15 is 0 Å². The van der Waals surface area contributed by atoms with Gasteiger partial charge >= 0.3 is 6.03 Å². The first-order valence-corrected chi connectivity index (χ1v) is 5.92. The molecule has 2 rings (SSSR count). The molecule has 0 fully saturated rings. The summed E-state index contributed by atoms with van der Waals surface area (Å²) in [6.07, 6.45) is 3.88. The number of carbonyl (C=O) groups is 1. The third-order valence-corrected chi connectivity index (χ3v) is 2.43. The van der Waals surface area contributed by atoms with Gasteiger partial charge in [-0.15, -0.1) is 5.10 Å². The molecule has 3 N–H and O–H groups in total. The van der Waals surface area contributed by atoms with Gasteiger partial charge in [0.15, 0.2) is 0 Å². The van der Waals surface area contributed by atoms with Crippen molar-refractivity contribution in [3.63, 3.8) is 0 Å². The molecule has 2 amide bonds. The van der Waals surface area contributed by atoms with Gasteiger partial charge in [-0.3, -0.25) is 0 Å². The molecule has 2 aromatic rings. The molecule has 1 aromatic heterocycles. The predicted octanol–water partition coefficient (Wildman–Crippen LogP) is 0.771. The maximum atomic E-state index is 11.5. The van der Waals surface area contributed by atoms with E-state index in [0.717, 1.165) is 5.69 Å². The van der Waals surface area contributed by atoms with E-state index in [2.05, 4.69) is 20.9 Å². The van der Waals surface area contributed by atoms with Crippen molar-refractivity contribution in [2.75, 3.05) is 18.5 Å². The molecule has 0 unspecified atom stereocenters. The molecule has 7 nitrogen and oxygen atoms in total. The van der Waals surface area contributed by atoms with E-state index in [9.17, 15) is 4.79 Å². The molecule has 1 heterocycles. The number of aromatic nitrogens is 3. The zero-order valence-electron chi connectivity index (χ0n) is 10.3. The van der Waals surface area contributed by atoms with Crippen LogP contribution in [-0.2, 0) is 0 Å². The molecular formula is C12H15N5O2. The van der Waals surface area contributed by atoms with Crippen LogP contribution in [0.3, 0.4) is 0 Å². The van der Waals surface area contributed by atoms with Crippen molar-refractivity contribution < 1.29 is 9.90 Å². The van der Waals surface area contributed by atoms with E-state index in [4.69, 9.17) is 5.11 Å². The Bertz CT molecular complexity index is 509. The number of aliphatic hydroxyl groups excluding tert-OH is 1. The lowest BCUT2D eigenvalue weighted by Crippen LogP contribution is -2.29. The smallest absolute Gasteiger partial charge is 0.319 e. The molecule has 19 heavy (non-hydrogen) atoms. The van der Waals surface area contributed by atoms with Crippen LogP contribution >= 0.6 is 0 Å². The summed E-state index contributed by atoms with van der Waals surface area (Å²) >= 11 is 0. The summed E-state index contributed by atoms with van der Waals surface area (Å²) < 4.78 is 1.63. The summed E-state index contributed by atoms with van der Waals surface area (Å²) in [5, 5.41) is 21.5. The number of benzene rings is 1. The highest BCUT2D eigenvalue weighted by molar-refractivity contribution is 5.89. The third-order valence-electron chi connectivity index (χ3n) is 2.43. The van der Waals surface area contributed by atoms with E-state index in [-0.39, 0.29) is 12.6 Å². The van der Waals surface area contributed by atoms with Gasteiger partial charge in [-0.1, -0.05) is 5.21 Å². The first-order chi connectivity index (χ1) is 9.29. The lowest BCUT2D eigenvalue weighted by atomic mass is 10.3. The number of amides is 2. The minimum Gasteiger partial charge on any atom is -0.396 e. The number of hydrogen-bond donors (Lipinski definition) is 3. The molecule has 0 spiro atoms. The van der Waals surface area contributed by atoms with Gasteiger partial charge in [0.05, 0.1) is 18.1 Å². The van der Waals surface area contributed by atoms with Crippen LogP contribution in [0.1, 0.15) is 6.42 Å². The largest absolute Gasteiger partial charge is 0.396 e. The van der Waals surface area contributed by atoms with Crippen molar-refractivity contribution in [3.8, 4) is 5.69 Å². The number of hydrogen-bond acceptors (Lipinski definition) is 4. The van der Waals surface area contributed by atoms with Crippen LogP contribution in [0.4, 0.5) is 10.5 Å². The Balaban J connectivity index is 1.90. The van der Waals surface area contributed by atoms with Gasteiger partial charge < -0.3 is 15.7 Å². The number of carbonyl (C=O) groups excluding carboxylic acids is 1. The second-order valence-electron chi connectivity index (χ2n) is 3.85. The van der Waals surface area contributed by atoms with Crippen LogP contribution in [0.2, 0.25) is 0 Å². The van der Waals surface area contributed by atoms with E-state index in [1.807, 2.05) is 12.1 Å². The normalized spacial score (nSPS) is 10.2. The molecule has 1 aromatic carbocycles. The standard InChI is InChI=1S/C12H15N5O2/c18-9-1-6-13-12(19)15-10-2-4-11(5-3-10)17-8-7-14-16-17/h2-5,7-8,18H,1,6,9H2,(H2,13,15,19). The minimum atomic E-state index is -0.290. The fraction of sp³-hybridized carbons (Fsp3) is 0.250. The van der Waals surface area contributed by atoms with Gasteiger partial charge in [0.1, 0.15) is 0 Å². The molecule has 0 atom stereocenters. The van der Waals surface area contributed by atoms with Gasteiger partial charge in [-0.25, -0.2) is 9.48 Å². The molecule has 0 aliphatic rings. The summed E-state index contributed by atoms with van der Waals surface area (Å²) in [7, 11) is 0. The maximum Gasteiger partial charge on any atom is 0.319 e. The first-order valence-electron chi connectivity index (χ1n) is 5.92. The van der Waals surface area contributed by atoms with Crippen molar-refractivity contribution in [2.45, 2.75) is 6.42 Å². The van der Waals surface area contributed by atoms with Crippen LogP contribution < -0.4 is 10.6 Å². The Morgan fingerprint density at radius 3 is 2.74 bits per heavy atom. The second kappa shape index (κ2) is 6.50. The van der Waals surface area contributed by atoms with Crippen molar-refractivity contribution in [1.82, 2.24) is 20.3 Å². The maximum absolute atomic E-state index is 11.5. The van der Waals surface area contributed by atoms with E-state index < -0.39 is 0 Å². The fourth-order valence-electron chi connectivity index (χ4n) is 1.50. The highest BCUT2D eigenvalue weighted by atomic mass is 16.3. The average Bonchev–Trinajstić information content (AvgIpc) is 2.94. The zero-order valence-corrected chi connectivity index (χ0v) is 10.3. The fourth-order valence-corrected chi connectivity index (χ4v) is 1.50. The molecule has 0 radical (unpaired) electrons. The summed E-state index contributed by atoms with van der Waals surface area (Å²) in [4.78, 5) is 11.5. The third kappa shape index (κ3) is 3.78. The molecule has 0 saturated carbocycles. The van der Waals surface area contributed by atoms with Crippen LogP contribution in [0.15, 0.2) is 36.7 Å². The Kier molecular flexibility index (Phi) is 4.46. The number of aliphatic hydroxyl groups is 1. The Hall–Kier alpha value is -2.41. The second-order valence-corrected chi connectivity index (χ2v) is 3.85. The lowest BCUT2D eigenvalue weighted by Gasteiger charge is -2.07. The van der Waals surface area contributed by atoms with E-state index in [1.165, 1.54) is 0 Å². The number of nitrogens with zero attached hydrogens (tertiary/aromatic N) is 3. The molecule has 0 aliphatic carbocycles. The first kappa shape index (κ1) is 13.0. The van der Waals surface area contributed by atoms with E-state index in [0.29, 0.717) is 18.7 Å². The van der Waals surface area contributed by atoms with Crippen LogP contribution in [0.25, 0.3) is 5.69 Å². The predicted molar refractivity (Wildman–Crippen MR) is 70.1 cm³/mol. The van der Waals surface area contributed by atoms with Crippen LogP contribution in [0, 0.1) is 0 Å². The van der Waals surface area contributed by atoms with Crippen LogP contribution in [-0.4, -0.2) is 39.3 Å². The quantitative estimate of drug-likeness (QED) is 0.693. The van der Waals surface area contributed by atoms with Crippen LogP contribution in [0.5, 0.6) is 0 Å². The molecule has 0 bridgehead atoms. The highest BCUT2D eigenvalue weighted by Gasteiger charge is 2.01. The van der Waals surface area contributed by atoms with Crippen molar-refractivity contribution >= 4 is 11.7 Å². The highest BCUT2D eigenvalue weighted by Crippen LogP contribution is 2.11. The van der Waals surface area contributed by atoms with Crippen molar-refractivity contribution in [2.24, 2.45) is 0 Å². The Labute approximate surface area is 110 Å². The van der Waals surface area contributed by atoms with Gasteiger partial charge in [0.25, 0.3) is 0 Å². The summed E-state index contributed by atoms with van der Waals surface area (Å²) in [6, 6.07) is 6.93. The molecule has 100 valence electrons. The average molecular weight is 261 g/mol. The van der Waals surface area contributed by atoms with E-state index in [1.54, 1.807) is 29.2 Å². The molecule has 0 saturated heterocycles. The number of urea groups is 1. The SMILES string of the molecule is O=C(NCCCO)Nc1ccc(-n2ccnn2)cc1. The Morgan fingerprint density at radius 1 is 1.32 bits per heavy atom. The topological polar surface area (TPSA) is 92.1 Å². The lowest BCUT2D eigenvalue weighted by molar-refractivity contribution is 0.249. The number of nitrogens with one attached hydrogen (secondary N) is 2. The zero-order chi connectivity index (χ0) is 13.5. The van der Waals surface area contributed by atoms with Gasteiger partial charge in [-0.05, 0) is 30.7 Å². The number of rotatable bonds is 5. The van der Waals surface area contributed by atoms with Crippen molar-refractivity contribution in [1.29, 1.82) is 0 Å². The monoisotopic (exact) mass is 261 g/mol. The summed E-state index contributed by atoms with van der Waals surface area (Å²) in [6.45, 7) is 0.506.